The highest BCUT2D eigenvalue weighted by molar-refractivity contribution is 9.10. The van der Waals surface area contributed by atoms with Gasteiger partial charge >= 0.3 is 0 Å². The van der Waals surface area contributed by atoms with E-state index in [2.05, 4.69) is 26.1 Å². The van der Waals surface area contributed by atoms with Gasteiger partial charge < -0.3 is 5.73 Å². The quantitative estimate of drug-likeness (QED) is 0.915. The second-order valence-corrected chi connectivity index (χ2v) is 4.65. The van der Waals surface area contributed by atoms with Crippen LogP contribution in [0.1, 0.15) is 24.2 Å². The Morgan fingerprint density at radius 2 is 2.19 bits per heavy atom. The molecule has 2 aromatic heterocycles. The Balaban J connectivity index is 2.41. The number of hydrogen-bond acceptors (Lipinski definition) is 3. The first-order valence-corrected chi connectivity index (χ1v) is 5.78. The number of halogens is 1. The Bertz CT molecular complexity index is 513. The predicted molar refractivity (Wildman–Crippen MR) is 66.1 cm³/mol. The van der Waals surface area contributed by atoms with Crippen LogP contribution in [-0.2, 0) is 7.05 Å². The summed E-state index contributed by atoms with van der Waals surface area (Å²) in [6.07, 6.45) is 3.80. The molecule has 0 fully saturated rings. The molecule has 0 saturated carbocycles. The number of hydrogen-bond donors (Lipinski definition) is 1. The molecule has 86 valence electrons. The van der Waals surface area contributed by atoms with Gasteiger partial charge in [0.05, 0.1) is 22.4 Å². The summed E-state index contributed by atoms with van der Waals surface area (Å²) in [7, 11) is 1.89. The minimum atomic E-state index is 0.0821. The molecule has 1 atom stereocenters. The lowest BCUT2D eigenvalue weighted by molar-refractivity contribution is 0.568. The molecule has 0 aliphatic heterocycles. The second kappa shape index (κ2) is 3.93. The summed E-state index contributed by atoms with van der Waals surface area (Å²) in [6.45, 7) is 3.97. The zero-order valence-corrected chi connectivity index (χ0v) is 11.1. The molecule has 0 bridgehead atoms. The van der Waals surface area contributed by atoms with Gasteiger partial charge in [-0.3, -0.25) is 4.68 Å². The lowest BCUT2D eigenvalue weighted by Crippen LogP contribution is -2.11. The van der Waals surface area contributed by atoms with Crippen molar-refractivity contribution in [2.24, 2.45) is 7.05 Å². The first-order valence-electron chi connectivity index (χ1n) is 4.99. The average molecular weight is 284 g/mol. The molecule has 2 N–H and O–H groups in total. The maximum Gasteiger partial charge on any atom is 0.137 e. The van der Waals surface area contributed by atoms with Gasteiger partial charge in [0.1, 0.15) is 5.82 Å². The molecule has 0 aliphatic carbocycles. The van der Waals surface area contributed by atoms with E-state index in [0.29, 0.717) is 5.82 Å². The van der Waals surface area contributed by atoms with Gasteiger partial charge in [0.15, 0.2) is 0 Å². The van der Waals surface area contributed by atoms with Gasteiger partial charge in [0, 0.05) is 18.8 Å². The first kappa shape index (κ1) is 11.2. The van der Waals surface area contributed by atoms with E-state index in [1.54, 1.807) is 9.36 Å². The monoisotopic (exact) mass is 283 g/mol. The van der Waals surface area contributed by atoms with Crippen LogP contribution in [0.2, 0.25) is 0 Å². The normalized spacial score (nSPS) is 13.0. The van der Waals surface area contributed by atoms with Crippen LogP contribution in [0.15, 0.2) is 16.9 Å². The van der Waals surface area contributed by atoms with Crippen LogP contribution in [0.3, 0.4) is 0 Å². The van der Waals surface area contributed by atoms with Crippen molar-refractivity contribution in [3.05, 3.63) is 28.1 Å². The van der Waals surface area contributed by atoms with Gasteiger partial charge in [-0.15, -0.1) is 0 Å². The minimum Gasteiger partial charge on any atom is -0.383 e. The third-order valence-electron chi connectivity index (χ3n) is 2.62. The first-order chi connectivity index (χ1) is 7.50. The van der Waals surface area contributed by atoms with Gasteiger partial charge in [0.2, 0.25) is 0 Å². The molecule has 0 radical (unpaired) electrons. The van der Waals surface area contributed by atoms with Crippen LogP contribution in [0.25, 0.3) is 0 Å². The van der Waals surface area contributed by atoms with Crippen molar-refractivity contribution >= 4 is 21.7 Å². The number of aryl methyl sites for hydroxylation is 2. The van der Waals surface area contributed by atoms with E-state index in [0.717, 1.165) is 15.7 Å². The smallest absolute Gasteiger partial charge is 0.137 e. The highest BCUT2D eigenvalue weighted by Crippen LogP contribution is 2.28. The van der Waals surface area contributed by atoms with Crippen LogP contribution < -0.4 is 5.73 Å². The van der Waals surface area contributed by atoms with Gasteiger partial charge in [-0.25, -0.2) is 4.68 Å². The van der Waals surface area contributed by atoms with Crippen LogP contribution in [0.4, 0.5) is 5.82 Å². The molecule has 5 nitrogen and oxygen atoms in total. The maximum absolute atomic E-state index is 5.97. The van der Waals surface area contributed by atoms with Crippen molar-refractivity contribution < 1.29 is 0 Å². The van der Waals surface area contributed by atoms with Gasteiger partial charge in [-0.1, -0.05) is 0 Å². The van der Waals surface area contributed by atoms with Crippen molar-refractivity contribution in [2.45, 2.75) is 19.9 Å². The summed E-state index contributed by atoms with van der Waals surface area (Å²) in [6, 6.07) is 0.0821. The van der Waals surface area contributed by atoms with Gasteiger partial charge in [-0.05, 0) is 29.8 Å². The summed E-state index contributed by atoms with van der Waals surface area (Å²) in [4.78, 5) is 0. The second-order valence-electron chi connectivity index (χ2n) is 3.85. The largest absolute Gasteiger partial charge is 0.383 e. The van der Waals surface area contributed by atoms with E-state index in [1.165, 1.54) is 0 Å². The van der Waals surface area contributed by atoms with E-state index >= 15 is 0 Å². The van der Waals surface area contributed by atoms with Crippen LogP contribution in [0, 0.1) is 6.92 Å². The molecule has 2 aromatic rings. The molecular formula is C10H14BrN5. The zero-order valence-electron chi connectivity index (χ0n) is 9.48. The number of rotatable bonds is 2. The summed E-state index contributed by atoms with van der Waals surface area (Å²) in [5.41, 5.74) is 7.96. The predicted octanol–water partition coefficient (Wildman–Crippen LogP) is 1.88. The van der Waals surface area contributed by atoms with Crippen molar-refractivity contribution in [1.82, 2.24) is 19.6 Å². The Morgan fingerprint density at radius 3 is 2.62 bits per heavy atom. The molecule has 0 aliphatic rings. The van der Waals surface area contributed by atoms with Crippen molar-refractivity contribution in [3.8, 4) is 0 Å². The van der Waals surface area contributed by atoms with E-state index < -0.39 is 0 Å². The highest BCUT2D eigenvalue weighted by atomic mass is 79.9. The molecule has 16 heavy (non-hydrogen) atoms. The van der Waals surface area contributed by atoms with Crippen molar-refractivity contribution in [1.29, 1.82) is 0 Å². The number of nitrogens with two attached hydrogens (primary N) is 1. The van der Waals surface area contributed by atoms with Crippen molar-refractivity contribution in [2.75, 3.05) is 5.73 Å². The minimum absolute atomic E-state index is 0.0821. The summed E-state index contributed by atoms with van der Waals surface area (Å²) >= 11 is 3.42. The summed E-state index contributed by atoms with van der Waals surface area (Å²) in [5, 5.41) is 8.55. The van der Waals surface area contributed by atoms with Crippen LogP contribution in [0.5, 0.6) is 0 Å². The summed E-state index contributed by atoms with van der Waals surface area (Å²) < 4.78 is 4.44. The molecule has 6 heteroatoms. The fraction of sp³-hybridized carbons (Fsp3) is 0.400. The van der Waals surface area contributed by atoms with E-state index in [4.69, 9.17) is 5.73 Å². The van der Waals surface area contributed by atoms with Crippen LogP contribution >= 0.6 is 15.9 Å². The molecule has 0 saturated heterocycles. The molecule has 0 spiro atoms. The number of anilines is 1. The molecule has 2 rings (SSSR count). The topological polar surface area (TPSA) is 61.7 Å². The molecular weight excluding hydrogens is 270 g/mol. The fourth-order valence-corrected chi connectivity index (χ4v) is 1.90. The Labute approximate surface area is 102 Å². The third-order valence-corrected chi connectivity index (χ3v) is 3.60. The maximum atomic E-state index is 5.97. The number of aromatic nitrogens is 4. The van der Waals surface area contributed by atoms with E-state index in [-0.39, 0.29) is 6.04 Å². The molecule has 0 aromatic carbocycles. The molecule has 0 amide bonds. The molecule has 2 heterocycles. The third kappa shape index (κ3) is 1.73. The summed E-state index contributed by atoms with van der Waals surface area (Å²) in [5.74, 6) is 0.647. The number of nitrogens with zero attached hydrogens (tertiary/aromatic N) is 4. The van der Waals surface area contributed by atoms with Crippen LogP contribution in [-0.4, -0.2) is 19.6 Å². The van der Waals surface area contributed by atoms with Crippen molar-refractivity contribution in [3.63, 3.8) is 0 Å². The van der Waals surface area contributed by atoms with Gasteiger partial charge in [0.25, 0.3) is 0 Å². The van der Waals surface area contributed by atoms with E-state index in [1.807, 2.05) is 33.3 Å². The standard InChI is InChI=1S/C10H14BrN5/c1-6-9(11)10(12)16(14-6)7(2)8-4-13-15(3)5-8/h4-5,7H,12H2,1-3H3. The highest BCUT2D eigenvalue weighted by Gasteiger charge is 2.17. The Morgan fingerprint density at radius 1 is 1.50 bits per heavy atom. The number of nitrogen functional groups attached to an aromatic ring is 1. The van der Waals surface area contributed by atoms with E-state index in [9.17, 15) is 0 Å². The Hall–Kier alpha value is -1.30. The zero-order chi connectivity index (χ0) is 11.9. The molecule has 1 unspecified atom stereocenters. The Kier molecular flexibility index (Phi) is 2.75. The fourth-order valence-electron chi connectivity index (χ4n) is 1.64. The van der Waals surface area contributed by atoms with Gasteiger partial charge in [-0.2, -0.15) is 10.2 Å². The average Bonchev–Trinajstić information content (AvgIpc) is 2.78. The SMILES string of the molecule is Cc1nn(C(C)c2cnn(C)c2)c(N)c1Br. The lowest BCUT2D eigenvalue weighted by Gasteiger charge is -2.11. The lowest BCUT2D eigenvalue weighted by atomic mass is 10.2.